The average molecular weight is 383 g/mol. The fourth-order valence-electron chi connectivity index (χ4n) is 4.19. The smallest absolute Gasteiger partial charge is 0.257 e. The van der Waals surface area contributed by atoms with Crippen molar-refractivity contribution in [3.63, 3.8) is 0 Å². The second-order valence-electron chi connectivity index (χ2n) is 7.24. The van der Waals surface area contributed by atoms with Gasteiger partial charge >= 0.3 is 0 Å². The minimum Gasteiger partial charge on any atom is -0.369 e. The zero-order valence-corrected chi connectivity index (χ0v) is 16.2. The van der Waals surface area contributed by atoms with Gasteiger partial charge in [-0.15, -0.1) is 0 Å². The molecule has 2 atom stereocenters. The summed E-state index contributed by atoms with van der Waals surface area (Å²) < 4.78 is 7.18. The summed E-state index contributed by atoms with van der Waals surface area (Å²) in [5, 5.41) is 4.18. The summed E-state index contributed by atoms with van der Waals surface area (Å²) in [6, 6.07) is 3.88. The molecule has 2 aromatic heterocycles. The van der Waals surface area contributed by atoms with Crippen LogP contribution in [0.1, 0.15) is 41.7 Å². The van der Waals surface area contributed by atoms with Crippen molar-refractivity contribution >= 4 is 11.8 Å². The molecule has 0 unspecified atom stereocenters. The third kappa shape index (κ3) is 3.17. The number of ether oxygens (including phenoxy) is 1. The Kier molecular flexibility index (Phi) is 5.13. The fourth-order valence-corrected chi connectivity index (χ4v) is 4.19. The van der Waals surface area contributed by atoms with Crippen LogP contribution in [0.5, 0.6) is 0 Å². The van der Waals surface area contributed by atoms with Crippen LogP contribution in [0, 0.1) is 0 Å². The molecular formula is C20H25N5O3. The molecule has 0 saturated carbocycles. The molecule has 8 heteroatoms. The first kappa shape index (κ1) is 18.6. The molecule has 2 fully saturated rings. The highest BCUT2D eigenvalue weighted by atomic mass is 16.5. The first-order chi connectivity index (χ1) is 13.6. The van der Waals surface area contributed by atoms with E-state index >= 15 is 0 Å². The van der Waals surface area contributed by atoms with Crippen LogP contribution in [0.15, 0.2) is 36.9 Å². The Hall–Kier alpha value is -2.74. The van der Waals surface area contributed by atoms with E-state index in [1.807, 2.05) is 28.9 Å². The highest BCUT2D eigenvalue weighted by molar-refractivity contribution is 5.94. The van der Waals surface area contributed by atoms with Gasteiger partial charge in [-0.05, 0) is 37.5 Å². The monoisotopic (exact) mass is 383 g/mol. The Morgan fingerprint density at radius 2 is 1.96 bits per heavy atom. The molecule has 0 aromatic carbocycles. The van der Waals surface area contributed by atoms with Crippen LogP contribution in [0.3, 0.4) is 0 Å². The highest BCUT2D eigenvalue weighted by Gasteiger charge is 2.51. The van der Waals surface area contributed by atoms with Crippen molar-refractivity contribution in [1.29, 1.82) is 0 Å². The van der Waals surface area contributed by atoms with E-state index in [4.69, 9.17) is 4.74 Å². The molecule has 2 aromatic rings. The maximum atomic E-state index is 12.7. The van der Waals surface area contributed by atoms with Crippen molar-refractivity contribution in [2.45, 2.75) is 44.5 Å². The number of aromatic nitrogens is 3. The Labute approximate surface area is 164 Å². The number of hydrogen-bond acceptors (Lipinski definition) is 5. The van der Waals surface area contributed by atoms with E-state index in [1.54, 1.807) is 36.6 Å². The number of carbonyl (C=O) groups excluding carboxylic acids is 2. The van der Waals surface area contributed by atoms with Crippen LogP contribution in [-0.4, -0.2) is 68.7 Å². The minimum atomic E-state index is -0.443. The van der Waals surface area contributed by atoms with Gasteiger partial charge in [0.05, 0.1) is 17.8 Å². The lowest BCUT2D eigenvalue weighted by Crippen LogP contribution is -2.64. The summed E-state index contributed by atoms with van der Waals surface area (Å²) in [5.41, 5.74) is 1.65. The third-order valence-electron chi connectivity index (χ3n) is 5.74. The molecule has 148 valence electrons. The normalized spacial score (nSPS) is 23.0. The van der Waals surface area contributed by atoms with E-state index in [0.29, 0.717) is 18.7 Å². The van der Waals surface area contributed by atoms with E-state index in [-0.39, 0.29) is 23.9 Å². The number of rotatable bonds is 5. The summed E-state index contributed by atoms with van der Waals surface area (Å²) in [6.45, 7) is 3.99. The van der Waals surface area contributed by atoms with Gasteiger partial charge in [0.25, 0.3) is 11.8 Å². The van der Waals surface area contributed by atoms with E-state index < -0.39 is 6.10 Å². The molecule has 8 nitrogen and oxygen atoms in total. The van der Waals surface area contributed by atoms with Crippen LogP contribution in [0.2, 0.25) is 0 Å². The van der Waals surface area contributed by atoms with Gasteiger partial charge in [-0.2, -0.15) is 5.10 Å². The number of amides is 2. The number of nitrogens with zero attached hydrogens (tertiary/aromatic N) is 5. The molecule has 4 rings (SSSR count). The second-order valence-corrected chi connectivity index (χ2v) is 7.24. The van der Waals surface area contributed by atoms with Gasteiger partial charge in [-0.3, -0.25) is 19.3 Å². The maximum absolute atomic E-state index is 12.7. The third-order valence-corrected chi connectivity index (χ3v) is 5.74. The van der Waals surface area contributed by atoms with Crippen LogP contribution in [-0.2, 0) is 16.1 Å². The lowest BCUT2D eigenvalue weighted by Gasteiger charge is -2.52. The first-order valence-electron chi connectivity index (χ1n) is 9.70. The molecule has 0 radical (unpaired) electrons. The summed E-state index contributed by atoms with van der Waals surface area (Å²) in [7, 11) is 1.58. The summed E-state index contributed by atoms with van der Waals surface area (Å²) in [5.74, 6) is 0.0341. The standard InChI is InChI=1S/C20H25N5O3/c1-3-24-13-15(12-22-24)19(26)23-10-6-16(7-11-23)25-17(18(28-2)20(25)27)14-4-8-21-9-5-14/h4-5,8-9,12-13,16-18H,3,6-7,10-11H2,1-2H3/t17-,18+/m0/s1. The lowest BCUT2D eigenvalue weighted by atomic mass is 9.86. The number of piperidine rings is 1. The van der Waals surface area contributed by atoms with Crippen molar-refractivity contribution < 1.29 is 14.3 Å². The zero-order valence-electron chi connectivity index (χ0n) is 16.2. The Morgan fingerprint density at radius 3 is 2.57 bits per heavy atom. The Morgan fingerprint density at radius 1 is 1.25 bits per heavy atom. The molecular weight excluding hydrogens is 358 g/mol. The van der Waals surface area contributed by atoms with Crippen LogP contribution >= 0.6 is 0 Å². The fraction of sp³-hybridized carbons (Fsp3) is 0.500. The van der Waals surface area contributed by atoms with Crippen molar-refractivity contribution in [3.05, 3.63) is 48.0 Å². The predicted molar refractivity (Wildman–Crippen MR) is 101 cm³/mol. The summed E-state index contributed by atoms with van der Waals surface area (Å²) in [6.07, 6.45) is 7.97. The lowest BCUT2D eigenvalue weighted by molar-refractivity contribution is -0.178. The molecule has 2 amide bonds. The van der Waals surface area contributed by atoms with Gasteiger partial charge in [-0.25, -0.2) is 0 Å². The average Bonchev–Trinajstić information content (AvgIpc) is 3.22. The molecule has 0 bridgehead atoms. The van der Waals surface area contributed by atoms with Gasteiger partial charge in [0.15, 0.2) is 6.10 Å². The maximum Gasteiger partial charge on any atom is 0.257 e. The van der Waals surface area contributed by atoms with Gasteiger partial charge < -0.3 is 14.5 Å². The minimum absolute atomic E-state index is 0.00791. The van der Waals surface area contributed by atoms with Gasteiger partial charge in [-0.1, -0.05) is 0 Å². The Bertz CT molecular complexity index is 845. The number of methoxy groups -OCH3 is 1. The van der Waals surface area contributed by atoms with Crippen molar-refractivity contribution in [3.8, 4) is 0 Å². The quantitative estimate of drug-likeness (QED) is 0.731. The predicted octanol–water partition coefficient (Wildman–Crippen LogP) is 1.50. The van der Waals surface area contributed by atoms with E-state index in [0.717, 1.165) is 24.9 Å². The van der Waals surface area contributed by atoms with Crippen LogP contribution < -0.4 is 0 Å². The van der Waals surface area contributed by atoms with Gasteiger partial charge in [0, 0.05) is 51.4 Å². The molecule has 0 N–H and O–H groups in total. The SMILES string of the molecule is CCn1cc(C(=O)N2CCC(N3C(=O)[C@H](OC)[C@@H]3c3ccncc3)CC2)cn1. The van der Waals surface area contributed by atoms with Crippen LogP contribution in [0.4, 0.5) is 0 Å². The second kappa shape index (κ2) is 7.71. The number of likely N-dealkylation sites (tertiary alicyclic amines) is 2. The number of pyridine rings is 1. The molecule has 2 aliphatic rings. The van der Waals surface area contributed by atoms with Gasteiger partial charge in [0.1, 0.15) is 0 Å². The Balaban J connectivity index is 1.42. The molecule has 28 heavy (non-hydrogen) atoms. The van der Waals surface area contributed by atoms with E-state index in [1.165, 1.54) is 0 Å². The number of aryl methyl sites for hydroxylation is 1. The topological polar surface area (TPSA) is 80.6 Å². The summed E-state index contributed by atoms with van der Waals surface area (Å²) >= 11 is 0. The van der Waals surface area contributed by atoms with Gasteiger partial charge in [0.2, 0.25) is 0 Å². The molecule has 2 aliphatic heterocycles. The molecule has 0 aliphatic carbocycles. The number of carbonyl (C=O) groups is 2. The molecule has 0 spiro atoms. The van der Waals surface area contributed by atoms with Crippen molar-refractivity contribution in [1.82, 2.24) is 24.6 Å². The van der Waals surface area contributed by atoms with Crippen molar-refractivity contribution in [2.24, 2.45) is 0 Å². The number of β-lactam (4-membered cyclic amide) rings is 1. The van der Waals surface area contributed by atoms with E-state index in [9.17, 15) is 9.59 Å². The van der Waals surface area contributed by atoms with Crippen molar-refractivity contribution in [2.75, 3.05) is 20.2 Å². The number of hydrogen-bond donors (Lipinski definition) is 0. The van der Waals surface area contributed by atoms with E-state index in [2.05, 4.69) is 10.1 Å². The molecule has 4 heterocycles. The molecule has 2 saturated heterocycles. The zero-order chi connectivity index (χ0) is 19.7. The first-order valence-corrected chi connectivity index (χ1v) is 9.70. The van der Waals surface area contributed by atoms with Crippen LogP contribution in [0.25, 0.3) is 0 Å². The highest BCUT2D eigenvalue weighted by Crippen LogP contribution is 2.40. The largest absolute Gasteiger partial charge is 0.369 e. The summed E-state index contributed by atoms with van der Waals surface area (Å²) in [4.78, 5) is 33.2.